The molecule has 0 unspecified atom stereocenters. The molecule has 8 nitrogen and oxygen atoms in total. The van der Waals surface area contributed by atoms with E-state index in [9.17, 15) is 4.79 Å². The lowest BCUT2D eigenvalue weighted by Crippen LogP contribution is -2.43. The lowest BCUT2D eigenvalue weighted by molar-refractivity contribution is -0.140. The first-order chi connectivity index (χ1) is 15.1. The van der Waals surface area contributed by atoms with E-state index >= 15 is 0 Å². The summed E-state index contributed by atoms with van der Waals surface area (Å²) in [6, 6.07) is 1.96. The highest BCUT2D eigenvalue weighted by molar-refractivity contribution is 5.76. The summed E-state index contributed by atoms with van der Waals surface area (Å²) in [7, 11) is 0. The summed E-state index contributed by atoms with van der Waals surface area (Å²) in [6.07, 6.45) is 11.0. The van der Waals surface area contributed by atoms with Crippen LogP contribution in [0.15, 0.2) is 24.7 Å². The molecule has 3 aromatic rings. The molecule has 0 N–H and O–H groups in total. The molecule has 1 saturated carbocycles. The van der Waals surface area contributed by atoms with Crippen LogP contribution in [0.3, 0.4) is 0 Å². The number of ether oxygens (including phenoxy) is 1. The molecular weight excluding hydrogens is 392 g/mol. The van der Waals surface area contributed by atoms with E-state index in [1.54, 1.807) is 0 Å². The van der Waals surface area contributed by atoms with Crippen LogP contribution < -0.4 is 0 Å². The topological polar surface area (TPSA) is 77.5 Å². The van der Waals surface area contributed by atoms with Gasteiger partial charge in [0.2, 0.25) is 5.91 Å². The Balaban J connectivity index is 1.38. The minimum Gasteiger partial charge on any atom is -0.368 e. The summed E-state index contributed by atoms with van der Waals surface area (Å²) in [6.45, 7) is 6.46. The van der Waals surface area contributed by atoms with Crippen LogP contribution in [-0.4, -0.2) is 54.7 Å². The molecule has 4 heterocycles. The maximum absolute atomic E-state index is 12.9. The van der Waals surface area contributed by atoms with Crippen molar-refractivity contribution in [3.63, 3.8) is 0 Å². The van der Waals surface area contributed by atoms with E-state index < -0.39 is 0 Å². The van der Waals surface area contributed by atoms with Crippen molar-refractivity contribution < 1.29 is 9.53 Å². The number of imidazole rings is 1. The molecule has 31 heavy (non-hydrogen) atoms. The fraction of sp³-hybridized carbons (Fsp3) is 0.565. The van der Waals surface area contributed by atoms with Gasteiger partial charge in [0.1, 0.15) is 11.9 Å². The van der Waals surface area contributed by atoms with Gasteiger partial charge in [-0.1, -0.05) is 12.8 Å². The van der Waals surface area contributed by atoms with Gasteiger partial charge in [0.15, 0.2) is 5.65 Å². The first kappa shape index (κ1) is 20.2. The van der Waals surface area contributed by atoms with Crippen molar-refractivity contribution >= 4 is 11.6 Å². The van der Waals surface area contributed by atoms with E-state index in [2.05, 4.69) is 14.5 Å². The van der Waals surface area contributed by atoms with E-state index in [4.69, 9.17) is 9.84 Å². The van der Waals surface area contributed by atoms with Gasteiger partial charge in [0.05, 0.1) is 31.1 Å². The third-order valence-corrected chi connectivity index (χ3v) is 6.78. The zero-order valence-corrected chi connectivity index (χ0v) is 18.3. The van der Waals surface area contributed by atoms with Crippen molar-refractivity contribution in [3.8, 4) is 0 Å². The van der Waals surface area contributed by atoms with Crippen molar-refractivity contribution in [2.24, 2.45) is 5.92 Å². The molecule has 2 fully saturated rings. The number of amides is 1. The van der Waals surface area contributed by atoms with Crippen molar-refractivity contribution in [1.82, 2.24) is 29.0 Å². The van der Waals surface area contributed by atoms with Gasteiger partial charge in [0.25, 0.3) is 0 Å². The largest absolute Gasteiger partial charge is 0.368 e. The van der Waals surface area contributed by atoms with Gasteiger partial charge in [-0.15, -0.1) is 0 Å². The monoisotopic (exact) mass is 422 g/mol. The van der Waals surface area contributed by atoms with Gasteiger partial charge in [-0.05, 0) is 38.7 Å². The van der Waals surface area contributed by atoms with Crippen LogP contribution in [-0.2, 0) is 16.1 Å². The summed E-state index contributed by atoms with van der Waals surface area (Å²) in [4.78, 5) is 23.8. The number of fused-ring (bicyclic) bond motifs is 1. The van der Waals surface area contributed by atoms with Crippen molar-refractivity contribution in [2.75, 3.05) is 19.7 Å². The Kier molecular flexibility index (Phi) is 5.48. The van der Waals surface area contributed by atoms with Crippen LogP contribution in [0.5, 0.6) is 0 Å². The lowest BCUT2D eigenvalue weighted by atomic mass is 10.0. The van der Waals surface area contributed by atoms with Gasteiger partial charge in [-0.3, -0.25) is 4.79 Å². The molecule has 1 saturated heterocycles. The van der Waals surface area contributed by atoms with E-state index in [1.165, 1.54) is 25.7 Å². The molecule has 0 aromatic carbocycles. The predicted octanol–water partition coefficient (Wildman–Crippen LogP) is 3.07. The smallest absolute Gasteiger partial charge is 0.223 e. The third-order valence-electron chi connectivity index (χ3n) is 6.78. The Bertz CT molecular complexity index is 1080. The number of hydrogen-bond acceptors (Lipinski definition) is 5. The maximum atomic E-state index is 12.9. The highest BCUT2D eigenvalue weighted by Crippen LogP contribution is 2.30. The second-order valence-electron chi connectivity index (χ2n) is 8.83. The molecule has 0 bridgehead atoms. The average molecular weight is 423 g/mol. The van der Waals surface area contributed by atoms with Crippen molar-refractivity contribution in [1.29, 1.82) is 0 Å². The van der Waals surface area contributed by atoms with Crippen LogP contribution in [0, 0.1) is 19.8 Å². The first-order valence-electron chi connectivity index (χ1n) is 11.3. The molecule has 2 aliphatic rings. The van der Waals surface area contributed by atoms with Crippen molar-refractivity contribution in [3.05, 3.63) is 47.4 Å². The Morgan fingerprint density at radius 1 is 1.19 bits per heavy atom. The van der Waals surface area contributed by atoms with E-state index in [0.717, 1.165) is 28.4 Å². The second kappa shape index (κ2) is 8.42. The Morgan fingerprint density at radius 3 is 2.81 bits per heavy atom. The molecule has 0 radical (unpaired) electrons. The van der Waals surface area contributed by atoms with Gasteiger partial charge in [-0.25, -0.2) is 14.5 Å². The average Bonchev–Trinajstić information content (AvgIpc) is 3.50. The molecule has 1 aliphatic carbocycles. The normalized spacial score (nSPS) is 20.1. The van der Waals surface area contributed by atoms with Gasteiger partial charge in [-0.2, -0.15) is 5.10 Å². The van der Waals surface area contributed by atoms with E-state index in [0.29, 0.717) is 38.6 Å². The zero-order valence-electron chi connectivity index (χ0n) is 18.3. The highest BCUT2D eigenvalue weighted by atomic mass is 16.5. The molecule has 0 spiro atoms. The standard InChI is InChI=1S/C23H30N6O2/c1-16-19(14-27-10-9-24-17(27)2)23-25-8-7-20(29(23)26-16)21-15-28(11-12-31-21)22(30)13-18-5-3-4-6-18/h7-10,18,21H,3-6,11-15H2,1-2H3/t21-/m0/s1. The first-order valence-corrected chi connectivity index (χ1v) is 11.3. The number of aryl methyl sites for hydroxylation is 2. The fourth-order valence-corrected chi connectivity index (χ4v) is 4.93. The predicted molar refractivity (Wildman–Crippen MR) is 116 cm³/mol. The quantitative estimate of drug-likeness (QED) is 0.632. The molecule has 8 heteroatoms. The third kappa shape index (κ3) is 3.96. The molecular formula is C23H30N6O2. The Hall–Kier alpha value is -2.74. The Morgan fingerprint density at radius 2 is 2.03 bits per heavy atom. The fourth-order valence-electron chi connectivity index (χ4n) is 4.93. The zero-order chi connectivity index (χ0) is 21.4. The maximum Gasteiger partial charge on any atom is 0.223 e. The second-order valence-corrected chi connectivity index (χ2v) is 8.83. The lowest BCUT2D eigenvalue weighted by Gasteiger charge is -2.33. The van der Waals surface area contributed by atoms with Crippen LogP contribution in [0.1, 0.15) is 61.0 Å². The molecule has 1 amide bonds. The van der Waals surface area contributed by atoms with Crippen LogP contribution in [0.2, 0.25) is 0 Å². The molecule has 1 aliphatic heterocycles. The minimum atomic E-state index is -0.200. The summed E-state index contributed by atoms with van der Waals surface area (Å²) in [5.74, 6) is 1.78. The summed E-state index contributed by atoms with van der Waals surface area (Å²) < 4.78 is 10.1. The van der Waals surface area contributed by atoms with Crippen LogP contribution in [0.4, 0.5) is 0 Å². The van der Waals surface area contributed by atoms with Gasteiger partial charge < -0.3 is 14.2 Å². The number of hydrogen-bond donors (Lipinski definition) is 0. The number of carbonyl (C=O) groups is 1. The van der Waals surface area contributed by atoms with E-state index in [-0.39, 0.29) is 12.0 Å². The highest BCUT2D eigenvalue weighted by Gasteiger charge is 2.30. The molecule has 5 rings (SSSR count). The Labute approximate surface area is 182 Å². The SMILES string of the molecule is Cc1nn2c([C@@H]3CN(C(=O)CC4CCCC4)CCO3)ccnc2c1Cn1ccnc1C. The van der Waals surface area contributed by atoms with Crippen LogP contribution >= 0.6 is 0 Å². The van der Waals surface area contributed by atoms with E-state index in [1.807, 2.05) is 47.9 Å². The summed E-state index contributed by atoms with van der Waals surface area (Å²) in [5, 5.41) is 4.79. The van der Waals surface area contributed by atoms with Gasteiger partial charge >= 0.3 is 0 Å². The molecule has 3 aromatic heterocycles. The molecule has 164 valence electrons. The molecule has 1 atom stereocenters. The minimum absolute atomic E-state index is 0.200. The number of nitrogens with zero attached hydrogens (tertiary/aromatic N) is 6. The number of aromatic nitrogens is 5. The van der Waals surface area contributed by atoms with Crippen molar-refractivity contribution in [2.45, 2.75) is 58.6 Å². The number of rotatable bonds is 5. The van der Waals surface area contributed by atoms with Gasteiger partial charge in [0, 0.05) is 37.1 Å². The van der Waals surface area contributed by atoms with Crippen LogP contribution in [0.25, 0.3) is 5.65 Å². The summed E-state index contributed by atoms with van der Waals surface area (Å²) >= 11 is 0. The summed E-state index contributed by atoms with van der Waals surface area (Å²) in [5.41, 5.74) is 3.80. The number of morpholine rings is 1. The number of carbonyl (C=O) groups excluding carboxylic acids is 1.